The lowest BCUT2D eigenvalue weighted by Gasteiger charge is -2.28. The van der Waals surface area contributed by atoms with Gasteiger partial charge in [0, 0.05) is 18.2 Å². The SMILES string of the molecule is CC(C)n1c([C@@H]2COC(=O)N2)nc2c(F)cc(-c3nc(N[C@@H]4CCOC[C@H]4O)ncc3Cl)cc21. The molecular weight excluding hydrogens is 467 g/mol. The standard InChI is InChI=1S/C22H24ClFN6O4/c1-10(2)30-16-6-11(5-13(24)19(16)28-20(30)15-8-34-22(32)27-15)18-12(23)7-25-21(29-18)26-14-3-4-33-9-17(14)31/h5-7,10,14-15,17,31H,3-4,8-9H2,1-2H3,(H,27,32)(H,25,26,29)/t14-,15+,17-/m1/s1. The van der Waals surface area contributed by atoms with Gasteiger partial charge in [0.15, 0.2) is 5.82 Å². The van der Waals surface area contributed by atoms with Crippen LogP contribution in [0.4, 0.5) is 15.1 Å². The van der Waals surface area contributed by atoms with Crippen LogP contribution in [0.1, 0.15) is 38.2 Å². The molecule has 0 aliphatic carbocycles. The Bertz CT molecular complexity index is 1250. The maximum absolute atomic E-state index is 15.3. The number of benzene rings is 1. The molecule has 10 nitrogen and oxygen atoms in total. The lowest BCUT2D eigenvalue weighted by atomic mass is 10.1. The lowest BCUT2D eigenvalue weighted by Crippen LogP contribution is -2.42. The first-order valence-corrected chi connectivity index (χ1v) is 11.4. The number of imidazole rings is 1. The highest BCUT2D eigenvalue weighted by molar-refractivity contribution is 6.33. The molecule has 2 aliphatic rings. The number of rotatable bonds is 5. The second-order valence-electron chi connectivity index (χ2n) is 8.63. The minimum atomic E-state index is -0.691. The van der Waals surface area contributed by atoms with Crippen LogP contribution in [0.2, 0.25) is 5.02 Å². The van der Waals surface area contributed by atoms with Gasteiger partial charge >= 0.3 is 6.09 Å². The number of anilines is 1. The van der Waals surface area contributed by atoms with Crippen molar-refractivity contribution in [1.29, 1.82) is 0 Å². The van der Waals surface area contributed by atoms with E-state index < -0.39 is 24.1 Å². The Balaban J connectivity index is 1.56. The molecule has 4 heterocycles. The highest BCUT2D eigenvalue weighted by Gasteiger charge is 2.31. The Hall–Kier alpha value is -3.02. The number of hydrogen-bond acceptors (Lipinski definition) is 8. The van der Waals surface area contributed by atoms with Gasteiger partial charge in [-0.15, -0.1) is 0 Å². The molecule has 2 aliphatic heterocycles. The van der Waals surface area contributed by atoms with Gasteiger partial charge in [-0.2, -0.15) is 0 Å². The van der Waals surface area contributed by atoms with E-state index in [-0.39, 0.29) is 41.8 Å². The summed E-state index contributed by atoms with van der Waals surface area (Å²) in [7, 11) is 0. The quantitative estimate of drug-likeness (QED) is 0.498. The Kier molecular flexibility index (Phi) is 6.00. The van der Waals surface area contributed by atoms with Gasteiger partial charge in [-0.05, 0) is 32.4 Å². The summed E-state index contributed by atoms with van der Waals surface area (Å²) >= 11 is 6.40. The zero-order chi connectivity index (χ0) is 24.0. The number of cyclic esters (lactones) is 1. The Morgan fingerprint density at radius 2 is 2.15 bits per heavy atom. The Morgan fingerprint density at radius 1 is 1.32 bits per heavy atom. The molecule has 2 fully saturated rings. The molecule has 3 aromatic rings. The highest BCUT2D eigenvalue weighted by atomic mass is 35.5. The zero-order valence-electron chi connectivity index (χ0n) is 18.6. The molecule has 3 atom stereocenters. The Morgan fingerprint density at radius 3 is 2.85 bits per heavy atom. The fourth-order valence-electron chi connectivity index (χ4n) is 4.32. The van der Waals surface area contributed by atoms with Crippen molar-refractivity contribution in [3.8, 4) is 11.3 Å². The van der Waals surface area contributed by atoms with Gasteiger partial charge in [0.1, 0.15) is 24.0 Å². The molecule has 1 aromatic carbocycles. The molecule has 0 radical (unpaired) electrons. The number of carbonyl (C=O) groups is 1. The minimum absolute atomic E-state index is 0.0692. The lowest BCUT2D eigenvalue weighted by molar-refractivity contribution is -0.0136. The van der Waals surface area contributed by atoms with E-state index in [1.165, 1.54) is 12.3 Å². The van der Waals surface area contributed by atoms with Crippen molar-refractivity contribution in [3.63, 3.8) is 0 Å². The topological polar surface area (TPSA) is 123 Å². The number of fused-ring (bicyclic) bond motifs is 1. The van der Waals surface area contributed by atoms with E-state index in [0.717, 1.165) is 0 Å². The van der Waals surface area contributed by atoms with Crippen LogP contribution in [-0.2, 0) is 9.47 Å². The first-order valence-electron chi connectivity index (χ1n) is 11.0. The first-order chi connectivity index (χ1) is 16.3. The third-order valence-electron chi connectivity index (χ3n) is 5.94. The van der Waals surface area contributed by atoms with Crippen molar-refractivity contribution >= 4 is 34.7 Å². The van der Waals surface area contributed by atoms with Gasteiger partial charge in [-0.25, -0.2) is 24.1 Å². The molecule has 12 heteroatoms. The number of aliphatic hydroxyl groups excluding tert-OH is 1. The van der Waals surface area contributed by atoms with Crippen molar-refractivity contribution in [1.82, 2.24) is 24.8 Å². The third kappa shape index (κ3) is 4.15. The summed E-state index contributed by atoms with van der Waals surface area (Å²) < 4.78 is 27.4. The minimum Gasteiger partial charge on any atom is -0.447 e. The second-order valence-corrected chi connectivity index (χ2v) is 9.03. The van der Waals surface area contributed by atoms with E-state index in [2.05, 4.69) is 25.6 Å². The van der Waals surface area contributed by atoms with E-state index >= 15 is 4.39 Å². The van der Waals surface area contributed by atoms with Crippen molar-refractivity contribution in [2.45, 2.75) is 44.5 Å². The van der Waals surface area contributed by atoms with Gasteiger partial charge in [0.25, 0.3) is 0 Å². The van der Waals surface area contributed by atoms with E-state index in [9.17, 15) is 9.90 Å². The number of aliphatic hydroxyl groups is 1. The summed E-state index contributed by atoms with van der Waals surface area (Å²) in [6, 6.07) is 2.29. The maximum atomic E-state index is 15.3. The van der Waals surface area contributed by atoms with E-state index in [1.807, 2.05) is 18.4 Å². The summed E-state index contributed by atoms with van der Waals surface area (Å²) in [4.78, 5) is 24.8. The number of alkyl carbamates (subject to hydrolysis) is 1. The molecule has 180 valence electrons. The summed E-state index contributed by atoms with van der Waals surface area (Å²) in [5.41, 5.74) is 1.53. The number of nitrogens with one attached hydrogen (secondary N) is 2. The molecule has 0 unspecified atom stereocenters. The van der Waals surface area contributed by atoms with Crippen LogP contribution in [0.3, 0.4) is 0 Å². The smallest absolute Gasteiger partial charge is 0.407 e. The van der Waals surface area contributed by atoms with Gasteiger partial charge in [0.2, 0.25) is 5.95 Å². The number of amides is 1. The number of aromatic nitrogens is 4. The van der Waals surface area contributed by atoms with Crippen LogP contribution in [-0.4, -0.2) is 62.7 Å². The zero-order valence-corrected chi connectivity index (χ0v) is 19.3. The number of ether oxygens (including phenoxy) is 2. The molecule has 2 saturated heterocycles. The molecule has 0 saturated carbocycles. The van der Waals surface area contributed by atoms with Crippen LogP contribution >= 0.6 is 11.6 Å². The molecule has 1 amide bonds. The highest BCUT2D eigenvalue weighted by Crippen LogP contribution is 2.34. The van der Waals surface area contributed by atoms with Crippen molar-refractivity contribution < 1.29 is 23.8 Å². The number of nitrogens with zero attached hydrogens (tertiary/aromatic N) is 4. The van der Waals surface area contributed by atoms with Crippen molar-refractivity contribution in [2.75, 3.05) is 25.1 Å². The summed E-state index contributed by atoms with van der Waals surface area (Å²) in [6.45, 7) is 4.77. The van der Waals surface area contributed by atoms with E-state index in [0.29, 0.717) is 35.6 Å². The largest absolute Gasteiger partial charge is 0.447 e. The van der Waals surface area contributed by atoms with Crippen LogP contribution in [0, 0.1) is 5.82 Å². The molecular formula is C22H24ClFN6O4. The monoisotopic (exact) mass is 490 g/mol. The number of halogens is 2. The Labute approximate surface area is 199 Å². The summed E-state index contributed by atoms with van der Waals surface area (Å²) in [5, 5.41) is 16.2. The number of hydrogen-bond donors (Lipinski definition) is 3. The van der Waals surface area contributed by atoms with Crippen LogP contribution in [0.15, 0.2) is 18.3 Å². The van der Waals surface area contributed by atoms with Gasteiger partial charge < -0.3 is 29.8 Å². The predicted octanol–water partition coefficient (Wildman–Crippen LogP) is 3.21. The normalized spacial score (nSPS) is 22.8. The summed E-state index contributed by atoms with van der Waals surface area (Å²) in [6.07, 6.45) is 0.817. The van der Waals surface area contributed by atoms with Gasteiger partial charge in [-0.1, -0.05) is 11.6 Å². The average molecular weight is 491 g/mol. The fourth-order valence-corrected chi connectivity index (χ4v) is 4.52. The summed E-state index contributed by atoms with van der Waals surface area (Å²) in [5.74, 6) is 0.244. The average Bonchev–Trinajstić information content (AvgIpc) is 3.40. The fraction of sp³-hybridized carbons (Fsp3) is 0.455. The molecule has 0 bridgehead atoms. The van der Waals surface area contributed by atoms with Crippen LogP contribution in [0.5, 0.6) is 0 Å². The van der Waals surface area contributed by atoms with Crippen LogP contribution in [0.25, 0.3) is 22.3 Å². The predicted molar refractivity (Wildman–Crippen MR) is 122 cm³/mol. The molecule has 34 heavy (non-hydrogen) atoms. The molecule has 2 aromatic heterocycles. The van der Waals surface area contributed by atoms with E-state index in [4.69, 9.17) is 21.1 Å². The van der Waals surface area contributed by atoms with Crippen molar-refractivity contribution in [2.24, 2.45) is 0 Å². The maximum Gasteiger partial charge on any atom is 0.407 e. The van der Waals surface area contributed by atoms with Crippen LogP contribution < -0.4 is 10.6 Å². The second kappa shape index (κ2) is 8.97. The molecule has 3 N–H and O–H groups in total. The molecule has 5 rings (SSSR count). The number of carbonyl (C=O) groups excluding carboxylic acids is 1. The first kappa shape index (κ1) is 22.8. The van der Waals surface area contributed by atoms with Gasteiger partial charge in [-0.3, -0.25) is 0 Å². The van der Waals surface area contributed by atoms with Gasteiger partial charge in [0.05, 0.1) is 41.2 Å². The third-order valence-corrected chi connectivity index (χ3v) is 6.21. The van der Waals surface area contributed by atoms with E-state index in [1.54, 1.807) is 6.07 Å². The van der Waals surface area contributed by atoms with Crippen molar-refractivity contribution in [3.05, 3.63) is 35.0 Å². The molecule has 0 spiro atoms.